The Hall–Kier alpha value is -2.72. The van der Waals surface area contributed by atoms with Gasteiger partial charge in [0, 0.05) is 20.0 Å². The van der Waals surface area contributed by atoms with E-state index in [1.165, 1.54) is 17.5 Å². The van der Waals surface area contributed by atoms with Gasteiger partial charge in [0.2, 0.25) is 11.6 Å². The summed E-state index contributed by atoms with van der Waals surface area (Å²) in [6.45, 7) is 4.57. The summed E-state index contributed by atoms with van der Waals surface area (Å²) < 4.78 is 16.9. The molecule has 3 aromatic heterocycles. The number of ether oxygens (including phenoxy) is 2. The van der Waals surface area contributed by atoms with Crippen molar-refractivity contribution in [2.75, 3.05) is 43.6 Å². The predicted molar refractivity (Wildman–Crippen MR) is 96.2 cm³/mol. The van der Waals surface area contributed by atoms with Gasteiger partial charge in [-0.2, -0.15) is 0 Å². The van der Waals surface area contributed by atoms with Crippen molar-refractivity contribution in [2.24, 2.45) is 0 Å². The van der Waals surface area contributed by atoms with Crippen molar-refractivity contribution in [2.45, 2.75) is 6.92 Å². The zero-order valence-corrected chi connectivity index (χ0v) is 15.1. The molecule has 9 nitrogen and oxygen atoms in total. The Morgan fingerprint density at radius 1 is 1.31 bits per heavy atom. The van der Waals surface area contributed by atoms with E-state index < -0.39 is 5.91 Å². The first-order chi connectivity index (χ1) is 12.7. The third kappa shape index (κ3) is 3.08. The van der Waals surface area contributed by atoms with Crippen LogP contribution in [0.4, 0.5) is 10.8 Å². The van der Waals surface area contributed by atoms with Crippen LogP contribution in [0.5, 0.6) is 5.88 Å². The van der Waals surface area contributed by atoms with E-state index >= 15 is 0 Å². The number of pyridine rings is 1. The second-order valence-corrected chi connectivity index (χ2v) is 6.65. The summed E-state index contributed by atoms with van der Waals surface area (Å²) in [6, 6.07) is 0. The van der Waals surface area contributed by atoms with Gasteiger partial charge >= 0.3 is 0 Å². The van der Waals surface area contributed by atoms with Gasteiger partial charge in [0.05, 0.1) is 43.1 Å². The lowest BCUT2D eigenvalue weighted by molar-refractivity contribution is 0.0995. The molecule has 4 rings (SSSR count). The first-order valence-electron chi connectivity index (χ1n) is 8.05. The van der Waals surface area contributed by atoms with Gasteiger partial charge in [-0.1, -0.05) is 11.3 Å². The van der Waals surface area contributed by atoms with Crippen LogP contribution in [0.25, 0.3) is 10.2 Å². The molecular formula is C16H17N5O4S. The second-order valence-electron chi connectivity index (χ2n) is 5.65. The van der Waals surface area contributed by atoms with Gasteiger partial charge in [0.1, 0.15) is 5.52 Å². The molecule has 1 aliphatic rings. The minimum atomic E-state index is -0.399. The highest BCUT2D eigenvalue weighted by Gasteiger charge is 2.21. The number of methoxy groups -OCH3 is 1. The maximum atomic E-state index is 12.3. The second kappa shape index (κ2) is 6.89. The van der Waals surface area contributed by atoms with E-state index in [9.17, 15) is 4.79 Å². The molecule has 0 aromatic carbocycles. The van der Waals surface area contributed by atoms with Gasteiger partial charge in [0.25, 0.3) is 5.91 Å². The minimum absolute atomic E-state index is 0.139. The van der Waals surface area contributed by atoms with Crippen LogP contribution in [-0.4, -0.2) is 54.3 Å². The van der Waals surface area contributed by atoms with Gasteiger partial charge in [-0.15, -0.1) is 0 Å². The van der Waals surface area contributed by atoms with Crippen LogP contribution in [0.3, 0.4) is 0 Å². The third-order valence-corrected chi connectivity index (χ3v) is 4.97. The highest BCUT2D eigenvalue weighted by Crippen LogP contribution is 2.38. The summed E-state index contributed by atoms with van der Waals surface area (Å²) in [6.07, 6.45) is 3.16. The minimum Gasteiger partial charge on any atom is -0.479 e. The molecule has 1 aliphatic heterocycles. The summed E-state index contributed by atoms with van der Waals surface area (Å²) in [4.78, 5) is 27.3. The van der Waals surface area contributed by atoms with Gasteiger partial charge in [-0.25, -0.2) is 15.0 Å². The Morgan fingerprint density at radius 2 is 2.12 bits per heavy atom. The first kappa shape index (κ1) is 16.7. The molecule has 4 heterocycles. The number of carbonyl (C=O) groups excluding carboxylic acids is 1. The Kier molecular flexibility index (Phi) is 4.43. The number of hydrogen-bond acceptors (Lipinski definition) is 9. The summed E-state index contributed by atoms with van der Waals surface area (Å²) in [5.41, 5.74) is 1.57. The topological polar surface area (TPSA) is 103 Å². The number of anilines is 2. The number of aromatic nitrogens is 3. The maximum Gasteiger partial charge on any atom is 0.294 e. The third-order valence-electron chi connectivity index (χ3n) is 3.98. The van der Waals surface area contributed by atoms with Crippen LogP contribution in [-0.2, 0) is 4.74 Å². The number of nitrogens with one attached hydrogen (secondary N) is 1. The summed E-state index contributed by atoms with van der Waals surface area (Å²) in [5.74, 6) is 0.592. The van der Waals surface area contributed by atoms with E-state index in [-0.39, 0.29) is 5.76 Å². The molecule has 26 heavy (non-hydrogen) atoms. The largest absolute Gasteiger partial charge is 0.479 e. The van der Waals surface area contributed by atoms with Crippen LogP contribution >= 0.6 is 11.3 Å². The van der Waals surface area contributed by atoms with Crippen molar-refractivity contribution in [3.05, 3.63) is 24.0 Å². The Bertz CT molecular complexity index is 947. The normalized spacial score (nSPS) is 14.6. The molecule has 3 aromatic rings. The maximum absolute atomic E-state index is 12.3. The Labute approximate surface area is 153 Å². The molecule has 10 heteroatoms. The standard InChI is InChI=1S/C16H17N5O4S/c1-9-17-8-11(25-9)14(22)20-16-19-12-13(26-16)10(7-18-15(12)23-2)21-3-5-24-6-4-21/h7-8H,3-6H2,1-2H3,(H,19,20,22). The smallest absolute Gasteiger partial charge is 0.294 e. The molecule has 1 amide bonds. The number of fused-ring (bicyclic) bond motifs is 1. The molecule has 0 atom stereocenters. The quantitative estimate of drug-likeness (QED) is 0.739. The average molecular weight is 375 g/mol. The fourth-order valence-electron chi connectivity index (χ4n) is 2.74. The molecular weight excluding hydrogens is 358 g/mol. The molecule has 1 fully saturated rings. The molecule has 0 radical (unpaired) electrons. The van der Waals surface area contributed by atoms with E-state index in [0.717, 1.165) is 23.5 Å². The van der Waals surface area contributed by atoms with Crippen molar-refractivity contribution < 1.29 is 18.7 Å². The van der Waals surface area contributed by atoms with Crippen LogP contribution in [0.1, 0.15) is 16.4 Å². The molecule has 0 saturated carbocycles. The van der Waals surface area contributed by atoms with Gasteiger partial charge in [-0.05, 0) is 0 Å². The van der Waals surface area contributed by atoms with Gasteiger partial charge in [-0.3, -0.25) is 10.1 Å². The van der Waals surface area contributed by atoms with Gasteiger partial charge < -0.3 is 18.8 Å². The van der Waals surface area contributed by atoms with Crippen LogP contribution < -0.4 is 15.0 Å². The van der Waals surface area contributed by atoms with Crippen molar-refractivity contribution >= 4 is 38.3 Å². The SMILES string of the molecule is COc1ncc(N2CCOCC2)c2sc(NC(=O)c3cnc(C)o3)nc12. The Balaban J connectivity index is 1.69. The molecule has 0 spiro atoms. The number of hydrogen-bond donors (Lipinski definition) is 1. The lowest BCUT2D eigenvalue weighted by Crippen LogP contribution is -2.36. The number of rotatable bonds is 4. The van der Waals surface area contributed by atoms with Gasteiger partial charge in [0.15, 0.2) is 11.0 Å². The van der Waals surface area contributed by atoms with Crippen LogP contribution in [0, 0.1) is 6.92 Å². The average Bonchev–Trinajstić information content (AvgIpc) is 3.27. The summed E-state index contributed by atoms with van der Waals surface area (Å²) in [7, 11) is 1.55. The number of nitrogens with zero attached hydrogens (tertiary/aromatic N) is 4. The van der Waals surface area contributed by atoms with E-state index in [1.54, 1.807) is 20.2 Å². The predicted octanol–water partition coefficient (Wildman–Crippen LogP) is 2.09. The zero-order valence-electron chi connectivity index (χ0n) is 14.3. The summed E-state index contributed by atoms with van der Waals surface area (Å²) >= 11 is 1.37. The molecule has 1 N–H and O–H groups in total. The van der Waals surface area contributed by atoms with E-state index in [0.29, 0.717) is 35.6 Å². The highest BCUT2D eigenvalue weighted by atomic mass is 32.1. The number of thiazole rings is 1. The summed E-state index contributed by atoms with van der Waals surface area (Å²) in [5, 5.41) is 3.19. The molecule has 0 unspecified atom stereocenters. The van der Waals surface area contributed by atoms with Crippen LogP contribution in [0.15, 0.2) is 16.8 Å². The molecule has 136 valence electrons. The number of aryl methyl sites for hydroxylation is 1. The van der Waals surface area contributed by atoms with Crippen molar-refractivity contribution in [1.82, 2.24) is 15.0 Å². The number of amides is 1. The lowest BCUT2D eigenvalue weighted by Gasteiger charge is -2.28. The van der Waals surface area contributed by atoms with Crippen molar-refractivity contribution in [3.63, 3.8) is 0 Å². The first-order valence-corrected chi connectivity index (χ1v) is 8.87. The van der Waals surface area contributed by atoms with E-state index in [2.05, 4.69) is 25.2 Å². The van der Waals surface area contributed by atoms with E-state index in [1.807, 2.05) is 0 Å². The van der Waals surface area contributed by atoms with Crippen molar-refractivity contribution in [1.29, 1.82) is 0 Å². The highest BCUT2D eigenvalue weighted by molar-refractivity contribution is 7.23. The molecule has 1 saturated heterocycles. The van der Waals surface area contributed by atoms with Crippen LogP contribution in [0.2, 0.25) is 0 Å². The zero-order chi connectivity index (χ0) is 18.1. The monoisotopic (exact) mass is 375 g/mol. The fourth-order valence-corrected chi connectivity index (χ4v) is 3.73. The van der Waals surface area contributed by atoms with Crippen molar-refractivity contribution in [3.8, 4) is 5.88 Å². The number of carbonyl (C=O) groups is 1. The lowest BCUT2D eigenvalue weighted by atomic mass is 10.3. The number of morpholine rings is 1. The molecule has 0 bridgehead atoms. The Morgan fingerprint density at radius 3 is 2.81 bits per heavy atom. The fraction of sp³-hybridized carbons (Fsp3) is 0.375. The number of oxazole rings is 1. The molecule has 0 aliphatic carbocycles. The van der Waals surface area contributed by atoms with E-state index in [4.69, 9.17) is 13.9 Å².